The van der Waals surface area contributed by atoms with Gasteiger partial charge in [0, 0.05) is 19.2 Å². The molecule has 1 aromatic heterocycles. The molecule has 0 saturated heterocycles. The molecule has 0 saturated carbocycles. The maximum absolute atomic E-state index is 14.3. The number of carbonyl (C=O) groups excluding carboxylic acids is 5. The molecule has 4 atom stereocenters. The van der Waals surface area contributed by atoms with Crippen molar-refractivity contribution in [2.24, 2.45) is 5.92 Å². The molecule has 0 unspecified atom stereocenters. The highest BCUT2D eigenvalue weighted by Gasteiger charge is 2.33. The Hall–Kier alpha value is -5.04. The summed E-state index contributed by atoms with van der Waals surface area (Å²) in [5.41, 5.74) is 1.35. The van der Waals surface area contributed by atoms with Crippen molar-refractivity contribution in [2.75, 3.05) is 13.1 Å². The number of nitrogens with one attached hydrogen (secondary N) is 4. The molecule has 2 aromatic carbocycles. The Morgan fingerprint density at radius 2 is 1.48 bits per heavy atom. The van der Waals surface area contributed by atoms with Crippen LogP contribution in [0.2, 0.25) is 0 Å². The molecule has 3 aromatic rings. The van der Waals surface area contributed by atoms with Gasteiger partial charge >= 0.3 is 0 Å². The maximum atomic E-state index is 14.3. The summed E-state index contributed by atoms with van der Waals surface area (Å²) in [6, 6.07) is 16.4. The fourth-order valence-electron chi connectivity index (χ4n) is 5.13. The van der Waals surface area contributed by atoms with E-state index in [9.17, 15) is 29.1 Å². The zero-order chi connectivity index (χ0) is 33.4. The molecule has 0 fully saturated rings. The van der Waals surface area contributed by atoms with Crippen molar-refractivity contribution in [3.63, 3.8) is 0 Å². The molecular weight excluding hydrogens is 592 g/mol. The van der Waals surface area contributed by atoms with E-state index in [1.807, 2.05) is 60.7 Å². The summed E-state index contributed by atoms with van der Waals surface area (Å²) in [5.74, 6) is -3.80. The van der Waals surface area contributed by atoms with E-state index < -0.39 is 53.8 Å². The molecule has 13 heteroatoms. The summed E-state index contributed by atoms with van der Waals surface area (Å²) in [6.45, 7) is 6.29. The lowest BCUT2D eigenvalue weighted by atomic mass is 9.90. The van der Waals surface area contributed by atoms with Gasteiger partial charge in [-0.3, -0.25) is 24.0 Å². The monoisotopic (exact) mass is 632 g/mol. The Labute approximate surface area is 267 Å². The smallest absolute Gasteiger partial charge is 0.274 e. The average molecular weight is 633 g/mol. The number of rotatable bonds is 5. The number of aliphatic hydroxyl groups excluding tert-OH is 1. The highest BCUT2D eigenvalue weighted by molar-refractivity contribution is 5.98. The maximum Gasteiger partial charge on any atom is 0.274 e. The number of carbonyl (C=O) groups is 5. The Balaban J connectivity index is 1.70. The van der Waals surface area contributed by atoms with E-state index in [1.54, 1.807) is 13.8 Å². The molecule has 46 heavy (non-hydrogen) atoms. The minimum absolute atomic E-state index is 0.0454. The third-order valence-electron chi connectivity index (χ3n) is 7.69. The van der Waals surface area contributed by atoms with Crippen LogP contribution < -0.4 is 21.3 Å². The molecule has 5 N–H and O–H groups in total. The van der Waals surface area contributed by atoms with Crippen LogP contribution >= 0.6 is 0 Å². The Morgan fingerprint density at radius 1 is 0.870 bits per heavy atom. The minimum atomic E-state index is -1.43. The number of amides is 5. The predicted octanol–water partition coefficient (Wildman–Crippen LogP) is 1.09. The van der Waals surface area contributed by atoms with Crippen molar-refractivity contribution in [1.29, 1.82) is 0 Å². The highest BCUT2D eigenvalue weighted by atomic mass is 16.5. The average Bonchev–Trinajstić information content (AvgIpc) is 3.50. The van der Waals surface area contributed by atoms with Gasteiger partial charge in [-0.05, 0) is 30.9 Å². The Kier molecular flexibility index (Phi) is 11.3. The number of nitrogens with zero attached hydrogens (tertiary/aromatic N) is 2. The van der Waals surface area contributed by atoms with Gasteiger partial charge in [0.1, 0.15) is 18.1 Å². The van der Waals surface area contributed by atoms with E-state index in [-0.39, 0.29) is 42.9 Å². The van der Waals surface area contributed by atoms with E-state index in [1.165, 1.54) is 24.8 Å². The van der Waals surface area contributed by atoms with E-state index in [4.69, 9.17) is 4.52 Å². The molecule has 5 amide bonds. The molecule has 13 nitrogen and oxygen atoms in total. The largest absolute Gasteiger partial charge is 0.391 e. The van der Waals surface area contributed by atoms with Gasteiger partial charge in [0.25, 0.3) is 5.91 Å². The van der Waals surface area contributed by atoms with Crippen LogP contribution in [0.3, 0.4) is 0 Å². The third-order valence-corrected chi connectivity index (χ3v) is 7.69. The van der Waals surface area contributed by atoms with Gasteiger partial charge in [0.15, 0.2) is 11.5 Å². The topological polar surface area (TPSA) is 183 Å². The molecule has 1 aliphatic rings. The van der Waals surface area contributed by atoms with Crippen LogP contribution in [0.15, 0.2) is 71.3 Å². The van der Waals surface area contributed by atoms with E-state index >= 15 is 0 Å². The van der Waals surface area contributed by atoms with Crippen LogP contribution in [0, 0.1) is 5.92 Å². The van der Waals surface area contributed by atoms with Crippen molar-refractivity contribution in [1.82, 2.24) is 31.3 Å². The van der Waals surface area contributed by atoms with E-state index in [2.05, 4.69) is 26.4 Å². The lowest BCUT2D eigenvalue weighted by Crippen LogP contribution is -2.58. The van der Waals surface area contributed by atoms with Gasteiger partial charge < -0.3 is 35.8 Å². The second-order valence-electron chi connectivity index (χ2n) is 11.6. The third kappa shape index (κ3) is 8.36. The van der Waals surface area contributed by atoms with Crippen molar-refractivity contribution < 1.29 is 33.6 Å². The summed E-state index contributed by atoms with van der Waals surface area (Å²) in [6.07, 6.45) is -1.33. The van der Waals surface area contributed by atoms with Crippen molar-refractivity contribution in [3.8, 4) is 0 Å². The summed E-state index contributed by atoms with van der Waals surface area (Å²) in [4.78, 5) is 68.1. The molecule has 0 aliphatic carbocycles. The number of hydrogen-bond donors (Lipinski definition) is 5. The molecular formula is C33H40N6O7. The lowest BCUT2D eigenvalue weighted by molar-refractivity contribution is -0.134. The molecule has 4 rings (SSSR count). The summed E-state index contributed by atoms with van der Waals surface area (Å²) < 4.78 is 5.44. The van der Waals surface area contributed by atoms with Gasteiger partial charge in [-0.1, -0.05) is 79.7 Å². The van der Waals surface area contributed by atoms with Crippen LogP contribution in [0.4, 0.5) is 0 Å². The predicted molar refractivity (Wildman–Crippen MR) is 167 cm³/mol. The summed E-state index contributed by atoms with van der Waals surface area (Å²) in [5, 5.41) is 24.5. The standard InChI is InChI=1S/C33H40N6O7/c1-19(2)27-31(43)34-15-16-39(33(45)26(22-11-7-5-8-12-22)23-13-9-6-10-14-23)18-24-17-25(38-46-24)30(42)37-28(21(4)40)32(44)35-20(3)29(41)36-27/h5-14,17,19-21,26-28,40H,15-16,18H2,1-4H3,(H,34,43)(H,35,44)(H,36,41)(H,37,42)/t20-,21+,27-,28-/m0/s1. The summed E-state index contributed by atoms with van der Waals surface area (Å²) >= 11 is 0. The molecule has 1 aliphatic heterocycles. The molecule has 244 valence electrons. The van der Waals surface area contributed by atoms with Gasteiger partial charge in [0.2, 0.25) is 23.6 Å². The van der Waals surface area contributed by atoms with Gasteiger partial charge in [-0.15, -0.1) is 0 Å². The fraction of sp³-hybridized carbons (Fsp3) is 0.394. The van der Waals surface area contributed by atoms with Gasteiger partial charge in [-0.2, -0.15) is 0 Å². The van der Waals surface area contributed by atoms with Gasteiger partial charge in [-0.25, -0.2) is 0 Å². The first kappa shape index (κ1) is 33.8. The normalized spacial score (nSPS) is 21.0. The van der Waals surface area contributed by atoms with Crippen LogP contribution in [0.5, 0.6) is 0 Å². The van der Waals surface area contributed by atoms with Crippen LogP contribution in [0.25, 0.3) is 0 Å². The quantitative estimate of drug-likeness (QED) is 0.277. The second kappa shape index (κ2) is 15.3. The first-order valence-corrected chi connectivity index (χ1v) is 15.2. The first-order valence-electron chi connectivity index (χ1n) is 15.2. The van der Waals surface area contributed by atoms with Crippen molar-refractivity contribution in [3.05, 3.63) is 89.3 Å². The first-order chi connectivity index (χ1) is 22.0. The van der Waals surface area contributed by atoms with Crippen LogP contribution in [0.1, 0.15) is 61.0 Å². The van der Waals surface area contributed by atoms with E-state index in [0.29, 0.717) is 0 Å². The van der Waals surface area contributed by atoms with Crippen LogP contribution in [-0.2, 0) is 25.7 Å². The van der Waals surface area contributed by atoms with Crippen molar-refractivity contribution >= 4 is 29.5 Å². The Morgan fingerprint density at radius 3 is 2.04 bits per heavy atom. The number of benzene rings is 2. The number of aliphatic hydroxyl groups is 1. The number of aromatic nitrogens is 1. The lowest BCUT2D eigenvalue weighted by Gasteiger charge is -2.28. The van der Waals surface area contributed by atoms with E-state index in [0.717, 1.165) is 11.1 Å². The summed E-state index contributed by atoms with van der Waals surface area (Å²) in [7, 11) is 0. The zero-order valence-electron chi connectivity index (χ0n) is 26.2. The van der Waals surface area contributed by atoms with Crippen molar-refractivity contribution in [2.45, 2.75) is 64.4 Å². The second-order valence-corrected chi connectivity index (χ2v) is 11.6. The zero-order valence-corrected chi connectivity index (χ0v) is 26.2. The molecule has 0 spiro atoms. The fourth-order valence-corrected chi connectivity index (χ4v) is 5.13. The van der Waals surface area contributed by atoms with Gasteiger partial charge in [0.05, 0.1) is 18.6 Å². The van der Waals surface area contributed by atoms with Crippen LogP contribution in [-0.4, -0.2) is 82.0 Å². The number of hydrogen-bond acceptors (Lipinski definition) is 8. The highest BCUT2D eigenvalue weighted by Crippen LogP contribution is 2.27. The number of fused-ring (bicyclic) bond motifs is 2. The SMILES string of the molecule is CC(C)[C@@H]1NC(=O)[C@H](C)NC(=O)[C@H]([C@@H](C)O)NC(=O)c2cc(on2)CN(C(=O)C(c2ccccc2)c2ccccc2)CCNC1=O. The molecule has 2 bridgehead atoms. The molecule has 2 heterocycles. The Bertz CT molecular complexity index is 1490. The minimum Gasteiger partial charge on any atom is -0.391 e. The molecule has 0 radical (unpaired) electrons.